The lowest BCUT2D eigenvalue weighted by Gasteiger charge is -2.36. The van der Waals surface area contributed by atoms with Gasteiger partial charge in [0.15, 0.2) is 0 Å². The Labute approximate surface area is 365 Å². The number of aliphatic hydroxyl groups excluding tert-OH is 1. The van der Waals surface area contributed by atoms with Crippen molar-refractivity contribution >= 4 is 45.7 Å². The number of anilines is 4. The van der Waals surface area contributed by atoms with E-state index >= 15 is 0 Å². The van der Waals surface area contributed by atoms with E-state index in [0.29, 0.717) is 17.4 Å². The molecule has 0 spiro atoms. The van der Waals surface area contributed by atoms with Gasteiger partial charge in [0.1, 0.15) is 40.9 Å². The second kappa shape index (κ2) is 21.9. The molecule has 336 valence electrons. The third kappa shape index (κ3) is 15.9. The van der Waals surface area contributed by atoms with Crippen LogP contribution >= 0.6 is 0 Å². The zero-order valence-electron chi connectivity index (χ0n) is 37.1. The molecule has 2 aliphatic heterocycles. The van der Waals surface area contributed by atoms with Crippen molar-refractivity contribution in [1.82, 2.24) is 9.97 Å². The number of hydrogen-bond donors (Lipinski definition) is 3. The van der Waals surface area contributed by atoms with Crippen LogP contribution in [0.15, 0.2) is 85.2 Å². The van der Waals surface area contributed by atoms with Gasteiger partial charge in [0.25, 0.3) is 16.6 Å². The van der Waals surface area contributed by atoms with Crippen LogP contribution in [0.25, 0.3) is 0 Å². The number of nitrogens with two attached hydrogens (primary N) is 1. The van der Waals surface area contributed by atoms with Crippen molar-refractivity contribution < 1.29 is 32.3 Å². The maximum atomic E-state index is 13.1. The van der Waals surface area contributed by atoms with Gasteiger partial charge in [0.2, 0.25) is 0 Å². The number of rotatable bonds is 8. The number of carbonyl (C=O) groups is 1. The highest BCUT2D eigenvalue weighted by Crippen LogP contribution is 2.38. The molecule has 11 nitrogen and oxygen atoms in total. The number of carbonyl (C=O) groups excluding carboxylic acids is 1. The summed E-state index contributed by atoms with van der Waals surface area (Å²) in [5.41, 5.74) is 7.54. The summed E-state index contributed by atoms with van der Waals surface area (Å²) in [6, 6.07) is 20.2. The van der Waals surface area contributed by atoms with Crippen LogP contribution in [0.1, 0.15) is 74.7 Å². The van der Waals surface area contributed by atoms with E-state index in [4.69, 9.17) is 19.3 Å². The maximum Gasteiger partial charge on any atom is 0.413 e. The van der Waals surface area contributed by atoms with Gasteiger partial charge in [-0.05, 0) is 122 Å². The van der Waals surface area contributed by atoms with Gasteiger partial charge >= 0.3 is 6.09 Å². The van der Waals surface area contributed by atoms with Crippen LogP contribution in [0.4, 0.5) is 36.6 Å². The number of nitrogens with one attached hydrogen (secondary N) is 1. The molecular weight excluding hydrogens is 811 g/mol. The minimum atomic E-state index is -1.93. The second-order valence-electron chi connectivity index (χ2n) is 18.4. The average molecular weight is 881 g/mol. The third-order valence-electron chi connectivity index (χ3n) is 11.6. The molecule has 0 radical (unpaired) electrons. The van der Waals surface area contributed by atoms with Crippen LogP contribution in [0.3, 0.4) is 0 Å². The zero-order valence-corrected chi connectivity index (χ0v) is 39.1. The van der Waals surface area contributed by atoms with Gasteiger partial charge < -0.3 is 34.2 Å². The van der Waals surface area contributed by atoms with E-state index in [1.165, 1.54) is 24.3 Å². The van der Waals surface area contributed by atoms with E-state index in [1.807, 2.05) is 12.1 Å². The lowest BCUT2D eigenvalue weighted by Crippen LogP contribution is -2.43. The van der Waals surface area contributed by atoms with Gasteiger partial charge in [-0.1, -0.05) is 49.0 Å². The van der Waals surface area contributed by atoms with E-state index in [1.54, 1.807) is 48.8 Å². The van der Waals surface area contributed by atoms with Crippen molar-refractivity contribution in [3.05, 3.63) is 96.8 Å². The fraction of sp³-hybridized carbons (Fsp3) is 0.500. The molecule has 0 unspecified atom stereocenters. The number of piperidine rings is 2. The quantitative estimate of drug-likeness (QED) is 0.147. The topological polar surface area (TPSA) is 135 Å². The Kier molecular flexibility index (Phi) is 18.1. The highest BCUT2D eigenvalue weighted by Gasteiger charge is 2.40. The minimum Gasteiger partial charge on any atom is -0.542 e. The zero-order chi connectivity index (χ0) is 44.3. The lowest BCUT2D eigenvalue weighted by molar-refractivity contribution is 0.0950. The first-order chi connectivity index (χ1) is 28.0. The Balaban J connectivity index is 0.000000275. The number of nitrogen functional groups attached to an aromatic ring is 1. The Morgan fingerprint density at radius 2 is 1.10 bits per heavy atom. The van der Waals surface area contributed by atoms with Crippen molar-refractivity contribution in [3.8, 4) is 11.5 Å². The van der Waals surface area contributed by atoms with E-state index in [-0.39, 0.29) is 41.3 Å². The van der Waals surface area contributed by atoms with Crippen LogP contribution in [-0.2, 0) is 4.74 Å². The van der Waals surface area contributed by atoms with Crippen molar-refractivity contribution in [2.24, 2.45) is 0 Å². The molecule has 1 amide bonds. The molecule has 2 aromatic carbocycles. The van der Waals surface area contributed by atoms with E-state index in [0.717, 1.165) is 69.0 Å². The molecule has 4 aromatic rings. The van der Waals surface area contributed by atoms with E-state index in [2.05, 4.69) is 92.8 Å². The fourth-order valence-corrected chi connectivity index (χ4v) is 7.84. The number of nitrogens with zero attached hydrogens (tertiary/aromatic N) is 4. The molecule has 6 rings (SSSR count). The first-order valence-corrected chi connectivity index (χ1v) is 26.6. The molecular formula is C46H70F2N6O5Si2. The summed E-state index contributed by atoms with van der Waals surface area (Å²) < 4.78 is 43.5. The number of hydrogen-bond acceptors (Lipinski definition) is 10. The number of benzene rings is 2. The van der Waals surface area contributed by atoms with Gasteiger partial charge in [-0.2, -0.15) is 0 Å². The summed E-state index contributed by atoms with van der Waals surface area (Å²) in [6.07, 6.45) is 5.55. The predicted octanol–water partition coefficient (Wildman–Crippen LogP) is 11.3. The fourth-order valence-electron chi connectivity index (χ4n) is 5.81. The Morgan fingerprint density at radius 1 is 0.689 bits per heavy atom. The Morgan fingerprint density at radius 3 is 1.48 bits per heavy atom. The Bertz CT molecular complexity index is 1910. The molecule has 15 heteroatoms. The van der Waals surface area contributed by atoms with Crippen LogP contribution in [-0.4, -0.2) is 76.2 Å². The number of halogens is 2. The molecule has 2 fully saturated rings. The Hall–Kier alpha value is -4.74. The molecule has 4 N–H and O–H groups in total. The van der Waals surface area contributed by atoms with Gasteiger partial charge in [0.05, 0.1) is 18.5 Å². The smallest absolute Gasteiger partial charge is 0.413 e. The second-order valence-corrected chi connectivity index (χ2v) is 27.9. The number of pyridine rings is 2. The van der Waals surface area contributed by atoms with Crippen molar-refractivity contribution in [2.45, 2.75) is 123 Å². The number of aromatic nitrogens is 2. The summed E-state index contributed by atoms with van der Waals surface area (Å²) >= 11 is 0. The molecule has 0 atom stereocenters. The molecule has 0 aliphatic carbocycles. The molecule has 4 heterocycles. The highest BCUT2D eigenvalue weighted by molar-refractivity contribution is 6.75. The van der Waals surface area contributed by atoms with Crippen LogP contribution in [0.5, 0.6) is 11.5 Å². The van der Waals surface area contributed by atoms with Gasteiger partial charge in [-0.25, -0.2) is 23.5 Å². The molecule has 2 aromatic heterocycles. The molecule has 61 heavy (non-hydrogen) atoms. The average Bonchev–Trinajstić information content (AvgIpc) is 3.17. The van der Waals surface area contributed by atoms with Crippen molar-refractivity contribution in [3.63, 3.8) is 0 Å². The largest absolute Gasteiger partial charge is 0.542 e. The van der Waals surface area contributed by atoms with Gasteiger partial charge in [-0.3, -0.25) is 5.32 Å². The number of ether oxygens (including phenoxy) is 1. The van der Waals surface area contributed by atoms with Crippen LogP contribution in [0, 0.1) is 11.6 Å². The van der Waals surface area contributed by atoms with Crippen molar-refractivity contribution in [1.29, 1.82) is 0 Å². The van der Waals surface area contributed by atoms with Crippen molar-refractivity contribution in [2.75, 3.05) is 47.0 Å². The lowest BCUT2D eigenvalue weighted by atomic mass is 10.1. The minimum absolute atomic E-state index is 0. The van der Waals surface area contributed by atoms with Crippen LogP contribution < -0.4 is 29.7 Å². The van der Waals surface area contributed by atoms with Gasteiger partial charge in [-0.15, -0.1) is 0 Å². The summed E-state index contributed by atoms with van der Waals surface area (Å²) in [4.78, 5) is 24.9. The van der Waals surface area contributed by atoms with Gasteiger partial charge in [0, 0.05) is 50.4 Å². The number of amides is 1. The highest BCUT2D eigenvalue weighted by atomic mass is 28.4. The summed E-state index contributed by atoms with van der Waals surface area (Å²) in [5.74, 6) is 2.03. The summed E-state index contributed by atoms with van der Waals surface area (Å²) in [5, 5.41) is 12.3. The SMILES string of the molecule is C.CC(C)(C)[Si](C)(C)Oc1ccc(N)nc1.CC(C)(C)[Si](C)(C)Oc1ccc(NC(=O)OC2CCN(c3ccc(F)cc3)CC2)nc1.OC1CCN(c2ccc(F)cc2)CC1. The standard InChI is InChI=1S/C23H32FN3O3Si.C11H14FNO.C11H20N2OSi.CH4/c1-23(2,3)31(4,5)30-20-10-11-21(25-16-20)26-22(28)29-19-12-14-27(15-13-19)18-8-6-17(24)7-9-18;12-9-1-3-10(4-2-9)13-7-5-11(14)6-8-13;1-11(2,3)15(4,5)14-9-6-7-10(12)13-8-9;/h6-11,16,19H,12-15H2,1-5H3,(H,25,26,28);1-4,11,14H,5-8H2;6-8H,1-5H3,(H2,12,13);1H4. The van der Waals surface area contributed by atoms with E-state index < -0.39 is 22.7 Å². The monoisotopic (exact) mass is 880 g/mol. The maximum absolute atomic E-state index is 13.1. The third-order valence-corrected chi connectivity index (χ3v) is 20.4. The van der Waals surface area contributed by atoms with E-state index in [9.17, 15) is 18.7 Å². The molecule has 0 bridgehead atoms. The predicted molar refractivity (Wildman–Crippen MR) is 251 cm³/mol. The summed E-state index contributed by atoms with van der Waals surface area (Å²) in [6.45, 7) is 25.2. The molecule has 2 saturated heterocycles. The molecule has 2 aliphatic rings. The first-order valence-electron chi connectivity index (χ1n) is 20.7. The first kappa shape index (κ1) is 50.6. The summed E-state index contributed by atoms with van der Waals surface area (Å²) in [7, 11) is -3.68. The normalized spacial score (nSPS) is 15.2. The molecule has 0 saturated carbocycles. The number of aliphatic hydroxyl groups is 1. The van der Waals surface area contributed by atoms with Crippen LogP contribution in [0.2, 0.25) is 36.3 Å².